The fourth-order valence-electron chi connectivity index (χ4n) is 6.59. The first-order valence-electron chi connectivity index (χ1n) is 15.4. The number of aromatic nitrogens is 3. The molecule has 0 bridgehead atoms. The SMILES string of the molecule is Cn1nc(-c2ccc(OCc3ccccc3)nc2OCc2ccccc2)c2ccc(N3CCC4(CCNCC4)CC3)cc21. The van der Waals surface area contributed by atoms with Crippen LogP contribution in [0.15, 0.2) is 91.0 Å². The van der Waals surface area contributed by atoms with Gasteiger partial charge in [0.1, 0.15) is 18.9 Å². The highest BCUT2D eigenvalue weighted by Crippen LogP contribution is 2.41. The molecule has 7 heteroatoms. The van der Waals surface area contributed by atoms with E-state index in [0.29, 0.717) is 30.4 Å². The van der Waals surface area contributed by atoms with Gasteiger partial charge < -0.3 is 19.7 Å². The van der Waals surface area contributed by atoms with Crippen LogP contribution in [0.3, 0.4) is 0 Å². The van der Waals surface area contributed by atoms with Crippen LogP contribution < -0.4 is 19.7 Å². The lowest BCUT2D eigenvalue weighted by Gasteiger charge is -2.45. The van der Waals surface area contributed by atoms with Gasteiger partial charge in [0, 0.05) is 37.3 Å². The third-order valence-electron chi connectivity index (χ3n) is 9.23. The molecule has 7 nitrogen and oxygen atoms in total. The zero-order chi connectivity index (χ0) is 29.1. The maximum atomic E-state index is 6.35. The van der Waals surface area contributed by atoms with E-state index in [-0.39, 0.29) is 0 Å². The number of piperidine rings is 2. The minimum Gasteiger partial charge on any atom is -0.473 e. The van der Waals surface area contributed by atoms with Gasteiger partial charge in [0.15, 0.2) is 0 Å². The molecule has 2 aliphatic rings. The van der Waals surface area contributed by atoms with Gasteiger partial charge in [-0.25, -0.2) is 0 Å². The van der Waals surface area contributed by atoms with Gasteiger partial charge in [-0.2, -0.15) is 10.1 Å². The van der Waals surface area contributed by atoms with Crippen LogP contribution in [0, 0.1) is 5.41 Å². The van der Waals surface area contributed by atoms with Gasteiger partial charge in [-0.05, 0) is 79.6 Å². The first-order valence-corrected chi connectivity index (χ1v) is 15.4. The van der Waals surface area contributed by atoms with Gasteiger partial charge in [-0.1, -0.05) is 60.7 Å². The molecule has 1 N–H and O–H groups in total. The summed E-state index contributed by atoms with van der Waals surface area (Å²) in [6, 6.07) is 31.0. The minimum atomic E-state index is 0.407. The van der Waals surface area contributed by atoms with Crippen LogP contribution >= 0.6 is 0 Å². The summed E-state index contributed by atoms with van der Waals surface area (Å²) in [7, 11) is 2.02. The Balaban J connectivity index is 1.16. The molecule has 1 spiro atoms. The third kappa shape index (κ3) is 5.95. The molecule has 3 aromatic carbocycles. The van der Waals surface area contributed by atoms with Crippen molar-refractivity contribution in [1.82, 2.24) is 20.1 Å². The highest BCUT2D eigenvalue weighted by atomic mass is 16.5. The van der Waals surface area contributed by atoms with Crippen molar-refractivity contribution < 1.29 is 9.47 Å². The van der Waals surface area contributed by atoms with E-state index in [1.54, 1.807) is 0 Å². The molecule has 2 saturated heterocycles. The smallest absolute Gasteiger partial charge is 0.226 e. The number of fused-ring (bicyclic) bond motifs is 1. The molecule has 2 fully saturated rings. The predicted molar refractivity (Wildman–Crippen MR) is 171 cm³/mol. The van der Waals surface area contributed by atoms with Crippen LogP contribution in [0.2, 0.25) is 0 Å². The predicted octanol–water partition coefficient (Wildman–Crippen LogP) is 6.76. The fourth-order valence-corrected chi connectivity index (χ4v) is 6.59. The Labute approximate surface area is 253 Å². The van der Waals surface area contributed by atoms with Gasteiger partial charge in [0.25, 0.3) is 0 Å². The number of pyridine rings is 1. The van der Waals surface area contributed by atoms with Crippen molar-refractivity contribution in [3.05, 3.63) is 102 Å². The van der Waals surface area contributed by atoms with Gasteiger partial charge in [-0.15, -0.1) is 0 Å². The Morgan fingerprint density at radius 2 is 1.44 bits per heavy atom. The maximum Gasteiger partial charge on any atom is 0.226 e. The Hall–Kier alpha value is -4.36. The Morgan fingerprint density at radius 3 is 2.14 bits per heavy atom. The van der Waals surface area contributed by atoms with Crippen molar-refractivity contribution in [2.24, 2.45) is 12.5 Å². The van der Waals surface area contributed by atoms with Crippen LogP contribution in [0.4, 0.5) is 5.69 Å². The number of rotatable bonds is 8. The first kappa shape index (κ1) is 27.5. The van der Waals surface area contributed by atoms with Crippen molar-refractivity contribution in [3.63, 3.8) is 0 Å². The molecular formula is C36H39N5O2. The lowest BCUT2D eigenvalue weighted by molar-refractivity contribution is 0.155. The molecule has 0 unspecified atom stereocenters. The Bertz CT molecular complexity index is 1670. The molecule has 2 aliphatic heterocycles. The average molecular weight is 574 g/mol. The summed E-state index contributed by atoms with van der Waals surface area (Å²) in [5.74, 6) is 1.04. The number of hydrogen-bond acceptors (Lipinski definition) is 6. The van der Waals surface area contributed by atoms with Crippen LogP contribution in [-0.2, 0) is 20.3 Å². The first-order chi connectivity index (χ1) is 21.2. The molecule has 5 aromatic rings. The molecule has 0 amide bonds. The Kier molecular flexibility index (Phi) is 7.73. The largest absolute Gasteiger partial charge is 0.473 e. The highest BCUT2D eigenvalue weighted by molar-refractivity contribution is 5.96. The zero-order valence-electron chi connectivity index (χ0n) is 24.8. The van der Waals surface area contributed by atoms with E-state index in [1.165, 1.54) is 31.4 Å². The van der Waals surface area contributed by atoms with E-state index >= 15 is 0 Å². The Morgan fingerprint density at radius 1 is 0.767 bits per heavy atom. The van der Waals surface area contributed by atoms with Crippen molar-refractivity contribution in [1.29, 1.82) is 0 Å². The number of ether oxygens (including phenoxy) is 2. The van der Waals surface area contributed by atoms with Gasteiger partial charge >= 0.3 is 0 Å². The lowest BCUT2D eigenvalue weighted by Crippen LogP contribution is -2.45. The lowest BCUT2D eigenvalue weighted by atomic mass is 9.71. The van der Waals surface area contributed by atoms with Gasteiger partial charge in [0.05, 0.1) is 11.1 Å². The van der Waals surface area contributed by atoms with Crippen molar-refractivity contribution in [2.45, 2.75) is 38.9 Å². The quantitative estimate of drug-likeness (QED) is 0.221. The van der Waals surface area contributed by atoms with E-state index in [0.717, 1.165) is 59.5 Å². The third-order valence-corrected chi connectivity index (χ3v) is 9.23. The monoisotopic (exact) mass is 573 g/mol. The van der Waals surface area contributed by atoms with E-state index in [1.807, 2.05) is 72.4 Å². The second kappa shape index (κ2) is 12.1. The molecule has 0 radical (unpaired) electrons. The number of nitrogens with zero attached hydrogens (tertiary/aromatic N) is 4. The number of benzene rings is 3. The van der Waals surface area contributed by atoms with E-state index < -0.39 is 0 Å². The van der Waals surface area contributed by atoms with Crippen molar-refractivity contribution in [2.75, 3.05) is 31.1 Å². The molecule has 0 atom stereocenters. The van der Waals surface area contributed by atoms with Gasteiger partial charge in [0.2, 0.25) is 11.8 Å². The number of hydrogen-bond donors (Lipinski definition) is 1. The second-order valence-electron chi connectivity index (χ2n) is 12.0. The van der Waals surface area contributed by atoms with Crippen LogP contribution in [0.5, 0.6) is 11.8 Å². The molecule has 0 aliphatic carbocycles. The molecule has 2 aromatic heterocycles. The topological polar surface area (TPSA) is 64.4 Å². The van der Waals surface area contributed by atoms with Crippen LogP contribution in [-0.4, -0.2) is 40.9 Å². The van der Waals surface area contributed by atoms with E-state index in [4.69, 9.17) is 19.6 Å². The molecule has 7 rings (SSSR count). The summed E-state index contributed by atoms with van der Waals surface area (Å²) in [4.78, 5) is 7.37. The summed E-state index contributed by atoms with van der Waals surface area (Å²) in [5, 5.41) is 9.60. The highest BCUT2D eigenvalue weighted by Gasteiger charge is 2.35. The summed E-state index contributed by atoms with van der Waals surface area (Å²) in [5.41, 5.74) is 6.79. The summed E-state index contributed by atoms with van der Waals surface area (Å²) < 4.78 is 14.4. The van der Waals surface area contributed by atoms with Crippen LogP contribution in [0.25, 0.3) is 22.2 Å². The molecular weight excluding hydrogens is 534 g/mol. The van der Waals surface area contributed by atoms with Crippen molar-refractivity contribution in [3.8, 4) is 23.0 Å². The van der Waals surface area contributed by atoms with E-state index in [2.05, 4.69) is 40.5 Å². The summed E-state index contributed by atoms with van der Waals surface area (Å²) >= 11 is 0. The zero-order valence-corrected chi connectivity index (χ0v) is 24.8. The fraction of sp³-hybridized carbons (Fsp3) is 0.333. The summed E-state index contributed by atoms with van der Waals surface area (Å²) in [6.45, 7) is 5.40. The standard InChI is InChI=1S/C36H39N5O2/c1-40-32-24-29(41-22-18-36(19-23-41)16-20-37-21-17-36)12-13-30(32)34(39-40)31-14-15-33(42-25-27-8-4-2-5-9-27)38-35(31)43-26-28-10-6-3-7-11-28/h2-15,24,37H,16-23,25-26H2,1H3. The molecule has 43 heavy (non-hydrogen) atoms. The minimum absolute atomic E-state index is 0.407. The second-order valence-corrected chi connectivity index (χ2v) is 12.0. The normalized spacial score (nSPS) is 16.4. The molecule has 0 saturated carbocycles. The van der Waals surface area contributed by atoms with Gasteiger partial charge in [-0.3, -0.25) is 4.68 Å². The number of aryl methyl sites for hydroxylation is 1. The maximum absolute atomic E-state index is 6.35. The average Bonchev–Trinajstić information content (AvgIpc) is 3.39. The van der Waals surface area contributed by atoms with E-state index in [9.17, 15) is 0 Å². The van der Waals surface area contributed by atoms with Crippen molar-refractivity contribution >= 4 is 16.6 Å². The van der Waals surface area contributed by atoms with Crippen LogP contribution in [0.1, 0.15) is 36.8 Å². The number of nitrogens with one attached hydrogen (secondary N) is 1. The molecule has 4 heterocycles. The number of anilines is 1. The molecule has 220 valence electrons. The summed E-state index contributed by atoms with van der Waals surface area (Å²) in [6.07, 6.45) is 5.17.